The second-order valence-corrected chi connectivity index (χ2v) is 5.65. The van der Waals surface area contributed by atoms with E-state index in [2.05, 4.69) is 6.92 Å². The van der Waals surface area contributed by atoms with Gasteiger partial charge in [0.2, 0.25) is 0 Å². The van der Waals surface area contributed by atoms with Gasteiger partial charge in [-0.2, -0.15) is 0 Å². The van der Waals surface area contributed by atoms with Crippen molar-refractivity contribution in [3.8, 4) is 0 Å². The van der Waals surface area contributed by atoms with Crippen LogP contribution in [0.1, 0.15) is 45.4 Å². The molecular formula is C12H20. The van der Waals surface area contributed by atoms with Crippen LogP contribution in [0.25, 0.3) is 0 Å². The van der Waals surface area contributed by atoms with Crippen LogP contribution in [0.2, 0.25) is 0 Å². The van der Waals surface area contributed by atoms with Crippen LogP contribution in [0.3, 0.4) is 0 Å². The average Bonchev–Trinajstić information content (AvgIpc) is 2.15. The molecule has 0 aromatic rings. The third-order valence-corrected chi connectivity index (χ3v) is 4.90. The van der Waals surface area contributed by atoms with Crippen LogP contribution >= 0.6 is 0 Å². The molecule has 0 nitrogen and oxygen atoms in total. The van der Waals surface area contributed by atoms with Crippen molar-refractivity contribution in [2.75, 3.05) is 0 Å². The third-order valence-electron chi connectivity index (χ3n) is 4.90. The van der Waals surface area contributed by atoms with Gasteiger partial charge in [0.25, 0.3) is 0 Å². The monoisotopic (exact) mass is 164 g/mol. The molecule has 0 aromatic heterocycles. The van der Waals surface area contributed by atoms with E-state index in [0.717, 1.165) is 29.6 Å². The van der Waals surface area contributed by atoms with Crippen molar-refractivity contribution in [2.24, 2.45) is 29.6 Å². The zero-order valence-corrected chi connectivity index (χ0v) is 8.13. The van der Waals surface area contributed by atoms with E-state index < -0.39 is 0 Å². The van der Waals surface area contributed by atoms with E-state index in [1.54, 1.807) is 38.5 Å². The van der Waals surface area contributed by atoms with Crippen molar-refractivity contribution in [1.82, 2.24) is 0 Å². The van der Waals surface area contributed by atoms with Crippen LogP contribution in [0.15, 0.2) is 0 Å². The quantitative estimate of drug-likeness (QED) is 0.514. The minimum Gasteiger partial charge on any atom is -0.0622 e. The van der Waals surface area contributed by atoms with E-state index in [0.29, 0.717) is 0 Å². The number of rotatable bonds is 0. The Morgan fingerprint density at radius 2 is 1.75 bits per heavy atom. The van der Waals surface area contributed by atoms with Crippen LogP contribution < -0.4 is 0 Å². The fraction of sp³-hybridized carbons (Fsp3) is 1.00. The molecule has 0 radical (unpaired) electrons. The molecule has 4 rings (SSSR count). The Bertz CT molecular complexity index is 180. The largest absolute Gasteiger partial charge is 0.0622 e. The third kappa shape index (κ3) is 0.963. The van der Waals surface area contributed by atoms with Crippen molar-refractivity contribution in [3.05, 3.63) is 0 Å². The molecule has 0 saturated heterocycles. The molecule has 0 aliphatic heterocycles. The fourth-order valence-electron chi connectivity index (χ4n) is 4.45. The first-order chi connectivity index (χ1) is 5.83. The number of hydrogen-bond acceptors (Lipinski definition) is 0. The Labute approximate surface area is 75.7 Å². The van der Waals surface area contributed by atoms with Crippen molar-refractivity contribution in [3.63, 3.8) is 0 Å². The van der Waals surface area contributed by atoms with E-state index in [9.17, 15) is 0 Å². The van der Waals surface area contributed by atoms with E-state index in [-0.39, 0.29) is 0 Å². The van der Waals surface area contributed by atoms with E-state index >= 15 is 0 Å². The first-order valence-electron chi connectivity index (χ1n) is 5.83. The number of hydrogen-bond donors (Lipinski definition) is 0. The molecule has 0 N–H and O–H groups in total. The predicted molar refractivity (Wildman–Crippen MR) is 50.8 cm³/mol. The summed E-state index contributed by atoms with van der Waals surface area (Å²) in [4.78, 5) is 0. The second kappa shape index (κ2) is 2.49. The lowest BCUT2D eigenvalue weighted by Crippen LogP contribution is -2.14. The Morgan fingerprint density at radius 1 is 0.833 bits per heavy atom. The van der Waals surface area contributed by atoms with E-state index in [1.807, 2.05) is 0 Å². The topological polar surface area (TPSA) is 0 Å². The summed E-state index contributed by atoms with van der Waals surface area (Å²) < 4.78 is 0. The van der Waals surface area contributed by atoms with Crippen molar-refractivity contribution in [2.45, 2.75) is 45.4 Å². The van der Waals surface area contributed by atoms with Gasteiger partial charge in [0.15, 0.2) is 0 Å². The van der Waals surface area contributed by atoms with E-state index in [4.69, 9.17) is 0 Å². The molecule has 4 aliphatic carbocycles. The van der Waals surface area contributed by atoms with Gasteiger partial charge in [0.05, 0.1) is 0 Å². The first kappa shape index (κ1) is 7.41. The Kier molecular flexibility index (Phi) is 1.54. The summed E-state index contributed by atoms with van der Waals surface area (Å²) in [6, 6.07) is 0. The molecule has 0 amide bonds. The molecule has 0 heteroatoms. The van der Waals surface area contributed by atoms with Gasteiger partial charge in [-0.05, 0) is 61.7 Å². The summed E-state index contributed by atoms with van der Waals surface area (Å²) in [5.41, 5.74) is 0. The lowest BCUT2D eigenvalue weighted by Gasteiger charge is -2.22. The Hall–Kier alpha value is 0. The minimum atomic E-state index is 1.06. The lowest BCUT2D eigenvalue weighted by molar-refractivity contribution is 0.277. The highest BCUT2D eigenvalue weighted by atomic mass is 14.5. The van der Waals surface area contributed by atoms with E-state index in [1.165, 1.54) is 0 Å². The van der Waals surface area contributed by atoms with Crippen molar-refractivity contribution < 1.29 is 0 Å². The molecule has 4 aliphatic rings. The summed E-state index contributed by atoms with van der Waals surface area (Å²) >= 11 is 0. The van der Waals surface area contributed by atoms with Gasteiger partial charge in [-0.3, -0.25) is 0 Å². The maximum Gasteiger partial charge on any atom is -0.0357 e. The molecule has 4 fully saturated rings. The highest BCUT2D eigenvalue weighted by Crippen LogP contribution is 2.54. The second-order valence-electron chi connectivity index (χ2n) is 5.65. The number of fused-ring (bicyclic) bond motifs is 2. The lowest BCUT2D eigenvalue weighted by atomic mass is 9.83. The zero-order chi connectivity index (χ0) is 8.13. The molecule has 5 unspecified atom stereocenters. The van der Waals surface area contributed by atoms with Crippen LogP contribution in [0, 0.1) is 29.6 Å². The molecule has 0 heterocycles. The van der Waals surface area contributed by atoms with Gasteiger partial charge in [0, 0.05) is 0 Å². The van der Waals surface area contributed by atoms with Crippen molar-refractivity contribution in [1.29, 1.82) is 0 Å². The smallest absolute Gasteiger partial charge is 0.0357 e. The van der Waals surface area contributed by atoms with Gasteiger partial charge in [0.1, 0.15) is 0 Å². The van der Waals surface area contributed by atoms with Crippen LogP contribution in [0.4, 0.5) is 0 Å². The molecule has 4 saturated carbocycles. The summed E-state index contributed by atoms with van der Waals surface area (Å²) in [5.74, 6) is 5.63. The molecule has 0 spiro atoms. The van der Waals surface area contributed by atoms with Crippen LogP contribution in [-0.2, 0) is 0 Å². The van der Waals surface area contributed by atoms with Gasteiger partial charge in [-0.15, -0.1) is 0 Å². The van der Waals surface area contributed by atoms with Gasteiger partial charge >= 0.3 is 0 Å². The zero-order valence-electron chi connectivity index (χ0n) is 8.13. The molecule has 5 atom stereocenters. The summed E-state index contributed by atoms with van der Waals surface area (Å²) in [5, 5.41) is 0. The highest BCUT2D eigenvalue weighted by Gasteiger charge is 2.44. The van der Waals surface area contributed by atoms with Gasteiger partial charge in [-0.1, -0.05) is 13.3 Å². The van der Waals surface area contributed by atoms with Crippen LogP contribution in [-0.4, -0.2) is 0 Å². The van der Waals surface area contributed by atoms with Gasteiger partial charge in [-0.25, -0.2) is 0 Å². The minimum absolute atomic E-state index is 1.06. The molecule has 68 valence electrons. The SMILES string of the molecule is CC1CC2CCC3CC(C2)CC13. The maximum absolute atomic E-state index is 2.52. The molecule has 0 aromatic carbocycles. The molecular weight excluding hydrogens is 144 g/mol. The summed E-state index contributed by atoms with van der Waals surface area (Å²) in [7, 11) is 0. The first-order valence-corrected chi connectivity index (χ1v) is 5.83. The maximum atomic E-state index is 2.52. The summed E-state index contributed by atoms with van der Waals surface area (Å²) in [6.07, 6.45) is 9.51. The predicted octanol–water partition coefficient (Wildman–Crippen LogP) is 3.47. The molecule has 4 bridgehead atoms. The van der Waals surface area contributed by atoms with Gasteiger partial charge < -0.3 is 0 Å². The highest BCUT2D eigenvalue weighted by molar-refractivity contribution is 4.94. The Morgan fingerprint density at radius 3 is 2.67 bits per heavy atom. The van der Waals surface area contributed by atoms with Crippen LogP contribution in [0.5, 0.6) is 0 Å². The molecule has 12 heavy (non-hydrogen) atoms. The fourth-order valence-corrected chi connectivity index (χ4v) is 4.45. The standard InChI is InChI=1S/C12H20/c1-8-4-9-2-3-11-6-10(5-9)7-12(8)11/h8-12H,2-7H2,1H3. The Balaban J connectivity index is 1.95. The normalized spacial score (nSPS) is 57.2. The summed E-state index contributed by atoms with van der Waals surface area (Å²) in [6.45, 7) is 2.52. The van der Waals surface area contributed by atoms with Crippen molar-refractivity contribution >= 4 is 0 Å². The average molecular weight is 164 g/mol.